The molecule has 1 aromatic heterocycles. The normalized spacial score (nSPS) is 13.3. The monoisotopic (exact) mass is 152 g/mol. The van der Waals surface area contributed by atoms with Gasteiger partial charge in [0.2, 0.25) is 0 Å². The van der Waals surface area contributed by atoms with Crippen molar-refractivity contribution in [3.05, 3.63) is 24.5 Å². The van der Waals surface area contributed by atoms with Gasteiger partial charge >= 0.3 is 0 Å². The minimum Gasteiger partial charge on any atom is -0.350 e. The molecule has 2 heteroatoms. The number of rotatable bonds is 4. The molecule has 0 spiro atoms. The molecule has 1 heterocycles. The van der Waals surface area contributed by atoms with Crippen LogP contribution in [-0.2, 0) is 0 Å². The second kappa shape index (κ2) is 4.19. The third-order valence-electron chi connectivity index (χ3n) is 1.94. The highest BCUT2D eigenvalue weighted by atomic mass is 15.0. The van der Waals surface area contributed by atoms with Gasteiger partial charge in [0.1, 0.15) is 0 Å². The SMILES string of the molecule is CCCC(CN)n1cccc1. The van der Waals surface area contributed by atoms with Crippen molar-refractivity contribution in [3.63, 3.8) is 0 Å². The van der Waals surface area contributed by atoms with Crippen molar-refractivity contribution in [2.75, 3.05) is 6.54 Å². The van der Waals surface area contributed by atoms with Crippen molar-refractivity contribution in [3.8, 4) is 0 Å². The number of aromatic nitrogens is 1. The fraction of sp³-hybridized carbons (Fsp3) is 0.556. The van der Waals surface area contributed by atoms with Gasteiger partial charge in [-0.15, -0.1) is 0 Å². The van der Waals surface area contributed by atoms with E-state index in [0.29, 0.717) is 6.04 Å². The maximum absolute atomic E-state index is 5.63. The van der Waals surface area contributed by atoms with Gasteiger partial charge < -0.3 is 10.3 Å². The summed E-state index contributed by atoms with van der Waals surface area (Å²) in [5, 5.41) is 0. The van der Waals surface area contributed by atoms with Crippen LogP contribution in [0.3, 0.4) is 0 Å². The number of nitrogens with zero attached hydrogens (tertiary/aromatic N) is 1. The maximum Gasteiger partial charge on any atom is 0.0452 e. The molecule has 1 rings (SSSR count). The fourth-order valence-electron chi connectivity index (χ4n) is 1.31. The Bertz CT molecular complexity index is 179. The Morgan fingerprint density at radius 2 is 2.00 bits per heavy atom. The van der Waals surface area contributed by atoms with Gasteiger partial charge in [-0.25, -0.2) is 0 Å². The molecule has 1 atom stereocenters. The van der Waals surface area contributed by atoms with Gasteiger partial charge in [0.25, 0.3) is 0 Å². The van der Waals surface area contributed by atoms with Crippen molar-refractivity contribution < 1.29 is 0 Å². The van der Waals surface area contributed by atoms with Crippen LogP contribution in [-0.4, -0.2) is 11.1 Å². The summed E-state index contributed by atoms with van der Waals surface area (Å²) < 4.78 is 2.18. The highest BCUT2D eigenvalue weighted by Gasteiger charge is 2.04. The second-order valence-corrected chi connectivity index (χ2v) is 2.81. The van der Waals surface area contributed by atoms with Gasteiger partial charge in [-0.1, -0.05) is 13.3 Å². The van der Waals surface area contributed by atoms with Crippen molar-refractivity contribution >= 4 is 0 Å². The molecule has 0 fully saturated rings. The zero-order valence-corrected chi connectivity index (χ0v) is 7.03. The van der Waals surface area contributed by atoms with Crippen LogP contribution in [0, 0.1) is 0 Å². The van der Waals surface area contributed by atoms with Crippen LogP contribution in [0.2, 0.25) is 0 Å². The zero-order valence-electron chi connectivity index (χ0n) is 7.03. The summed E-state index contributed by atoms with van der Waals surface area (Å²) in [5.41, 5.74) is 5.63. The first-order chi connectivity index (χ1) is 5.38. The summed E-state index contributed by atoms with van der Waals surface area (Å²) in [7, 11) is 0. The number of hydrogen-bond donors (Lipinski definition) is 1. The fourth-order valence-corrected chi connectivity index (χ4v) is 1.31. The molecule has 2 nitrogen and oxygen atoms in total. The summed E-state index contributed by atoms with van der Waals surface area (Å²) in [6.07, 6.45) is 6.52. The van der Waals surface area contributed by atoms with Crippen LogP contribution in [0.5, 0.6) is 0 Å². The summed E-state index contributed by atoms with van der Waals surface area (Å²) >= 11 is 0. The first-order valence-electron chi connectivity index (χ1n) is 4.21. The van der Waals surface area contributed by atoms with E-state index in [1.54, 1.807) is 0 Å². The molecule has 0 radical (unpaired) electrons. The van der Waals surface area contributed by atoms with E-state index in [9.17, 15) is 0 Å². The van der Waals surface area contributed by atoms with Crippen molar-refractivity contribution in [2.45, 2.75) is 25.8 Å². The Labute approximate surface area is 68.0 Å². The predicted octanol–water partition coefficient (Wildman–Crippen LogP) is 1.79. The van der Waals surface area contributed by atoms with E-state index in [-0.39, 0.29) is 0 Å². The van der Waals surface area contributed by atoms with E-state index in [0.717, 1.165) is 6.54 Å². The Morgan fingerprint density at radius 3 is 2.45 bits per heavy atom. The minimum absolute atomic E-state index is 0.495. The molecule has 1 unspecified atom stereocenters. The molecule has 1 aromatic rings. The molecular formula is C9H16N2. The van der Waals surface area contributed by atoms with Crippen LogP contribution in [0.4, 0.5) is 0 Å². The smallest absolute Gasteiger partial charge is 0.0452 e. The first kappa shape index (κ1) is 8.34. The van der Waals surface area contributed by atoms with Crippen LogP contribution < -0.4 is 5.73 Å². The lowest BCUT2D eigenvalue weighted by Crippen LogP contribution is -2.17. The Kier molecular flexibility index (Phi) is 3.17. The van der Waals surface area contributed by atoms with Crippen LogP contribution >= 0.6 is 0 Å². The minimum atomic E-state index is 0.495. The molecular weight excluding hydrogens is 136 g/mol. The van der Waals surface area contributed by atoms with Gasteiger partial charge in [0.15, 0.2) is 0 Å². The maximum atomic E-state index is 5.63. The lowest BCUT2D eigenvalue weighted by molar-refractivity contribution is 0.472. The number of hydrogen-bond acceptors (Lipinski definition) is 1. The van der Waals surface area contributed by atoms with E-state index in [4.69, 9.17) is 5.73 Å². The van der Waals surface area contributed by atoms with E-state index >= 15 is 0 Å². The molecule has 0 saturated heterocycles. The molecule has 0 bridgehead atoms. The third-order valence-corrected chi connectivity index (χ3v) is 1.94. The first-order valence-corrected chi connectivity index (χ1v) is 4.21. The summed E-state index contributed by atoms with van der Waals surface area (Å²) in [4.78, 5) is 0. The Hall–Kier alpha value is -0.760. The summed E-state index contributed by atoms with van der Waals surface area (Å²) in [6.45, 7) is 2.93. The molecule has 0 aliphatic carbocycles. The van der Waals surface area contributed by atoms with Crippen LogP contribution in [0.25, 0.3) is 0 Å². The standard InChI is InChI=1S/C9H16N2/c1-2-5-9(8-10)11-6-3-4-7-11/h3-4,6-7,9H,2,5,8,10H2,1H3. The molecule has 0 amide bonds. The highest BCUT2D eigenvalue weighted by molar-refractivity contribution is 4.93. The molecule has 11 heavy (non-hydrogen) atoms. The lowest BCUT2D eigenvalue weighted by atomic mass is 10.2. The molecule has 0 aliphatic heterocycles. The van der Waals surface area contributed by atoms with E-state index < -0.39 is 0 Å². The average molecular weight is 152 g/mol. The summed E-state index contributed by atoms with van der Waals surface area (Å²) in [6, 6.07) is 4.58. The van der Waals surface area contributed by atoms with Gasteiger partial charge in [0, 0.05) is 25.0 Å². The van der Waals surface area contributed by atoms with E-state index in [1.807, 2.05) is 12.1 Å². The molecule has 62 valence electrons. The highest BCUT2D eigenvalue weighted by Crippen LogP contribution is 2.11. The number of nitrogens with two attached hydrogens (primary N) is 1. The lowest BCUT2D eigenvalue weighted by Gasteiger charge is -2.15. The van der Waals surface area contributed by atoms with Gasteiger partial charge in [-0.3, -0.25) is 0 Å². The molecule has 2 N–H and O–H groups in total. The van der Waals surface area contributed by atoms with Crippen LogP contribution in [0.1, 0.15) is 25.8 Å². The van der Waals surface area contributed by atoms with E-state index in [1.165, 1.54) is 12.8 Å². The largest absolute Gasteiger partial charge is 0.350 e. The molecule has 0 aromatic carbocycles. The van der Waals surface area contributed by atoms with Crippen molar-refractivity contribution in [1.29, 1.82) is 0 Å². The van der Waals surface area contributed by atoms with Gasteiger partial charge in [0.05, 0.1) is 0 Å². The zero-order chi connectivity index (χ0) is 8.10. The third kappa shape index (κ3) is 2.09. The predicted molar refractivity (Wildman–Crippen MR) is 47.4 cm³/mol. The van der Waals surface area contributed by atoms with Crippen LogP contribution in [0.15, 0.2) is 24.5 Å². The van der Waals surface area contributed by atoms with Crippen molar-refractivity contribution in [2.24, 2.45) is 5.73 Å². The quantitative estimate of drug-likeness (QED) is 0.700. The Balaban J connectivity index is 2.56. The van der Waals surface area contributed by atoms with Gasteiger partial charge in [-0.2, -0.15) is 0 Å². The Morgan fingerprint density at radius 1 is 1.36 bits per heavy atom. The molecule has 0 aliphatic rings. The molecule has 0 saturated carbocycles. The van der Waals surface area contributed by atoms with Gasteiger partial charge in [-0.05, 0) is 18.6 Å². The topological polar surface area (TPSA) is 30.9 Å². The second-order valence-electron chi connectivity index (χ2n) is 2.81. The summed E-state index contributed by atoms with van der Waals surface area (Å²) in [5.74, 6) is 0. The average Bonchev–Trinajstić information content (AvgIpc) is 2.52. The van der Waals surface area contributed by atoms with Crippen molar-refractivity contribution in [1.82, 2.24) is 4.57 Å². The van der Waals surface area contributed by atoms with E-state index in [2.05, 4.69) is 23.9 Å².